The Kier molecular flexibility index (Phi) is 7.38. The lowest BCUT2D eigenvalue weighted by Crippen LogP contribution is -2.31. The second-order valence-corrected chi connectivity index (χ2v) is 8.64. The number of thiophene rings is 1. The van der Waals surface area contributed by atoms with E-state index >= 15 is 0 Å². The highest BCUT2D eigenvalue weighted by Gasteiger charge is 2.16. The van der Waals surface area contributed by atoms with E-state index < -0.39 is 5.91 Å². The minimum atomic E-state index is -0.493. The van der Waals surface area contributed by atoms with Gasteiger partial charge in [-0.1, -0.05) is 44.2 Å². The number of benzene rings is 2. The number of nitrogens with one attached hydrogen (secondary N) is 2. The number of anilines is 1. The first-order chi connectivity index (χ1) is 14.4. The fourth-order valence-electron chi connectivity index (χ4n) is 3.27. The SMILES string of the molecule is CC(C)Cc1ccc([C@H](NCC(=O)Nc2ccc(C(N)=O)cc2)c2cccs2)cc1. The molecule has 0 fully saturated rings. The monoisotopic (exact) mass is 421 g/mol. The minimum absolute atomic E-state index is 0.0545. The molecule has 156 valence electrons. The van der Waals surface area contributed by atoms with Gasteiger partial charge in [0.1, 0.15) is 0 Å². The van der Waals surface area contributed by atoms with Crippen LogP contribution in [-0.4, -0.2) is 18.4 Å². The zero-order valence-electron chi connectivity index (χ0n) is 17.2. The number of primary amides is 1. The molecule has 1 atom stereocenters. The van der Waals surface area contributed by atoms with Gasteiger partial charge < -0.3 is 11.1 Å². The standard InChI is InChI=1S/C24H27N3O2S/c1-16(2)14-17-5-7-18(8-6-17)23(21-4-3-13-30-21)26-15-22(28)27-20-11-9-19(10-12-20)24(25)29/h3-13,16,23,26H,14-15H2,1-2H3,(H2,25,29)(H,27,28)/t23-/m0/s1. The third-order valence-electron chi connectivity index (χ3n) is 4.70. The molecule has 4 N–H and O–H groups in total. The van der Waals surface area contributed by atoms with Crippen molar-refractivity contribution in [3.63, 3.8) is 0 Å². The van der Waals surface area contributed by atoms with Crippen LogP contribution >= 0.6 is 11.3 Å². The van der Waals surface area contributed by atoms with Crippen LogP contribution in [0.5, 0.6) is 0 Å². The molecule has 1 heterocycles. The molecule has 0 aliphatic carbocycles. The lowest BCUT2D eigenvalue weighted by Gasteiger charge is -2.19. The molecule has 0 saturated heterocycles. The van der Waals surface area contributed by atoms with Gasteiger partial charge in [0.2, 0.25) is 11.8 Å². The molecule has 2 amide bonds. The van der Waals surface area contributed by atoms with E-state index in [-0.39, 0.29) is 18.5 Å². The van der Waals surface area contributed by atoms with E-state index in [2.05, 4.69) is 54.8 Å². The zero-order chi connectivity index (χ0) is 21.5. The van der Waals surface area contributed by atoms with Crippen molar-refractivity contribution in [1.29, 1.82) is 0 Å². The van der Waals surface area contributed by atoms with E-state index in [1.54, 1.807) is 35.6 Å². The van der Waals surface area contributed by atoms with Crippen LogP contribution in [0, 0.1) is 5.92 Å². The van der Waals surface area contributed by atoms with Gasteiger partial charge in [0.15, 0.2) is 0 Å². The maximum absolute atomic E-state index is 12.5. The molecule has 3 rings (SSSR count). The third-order valence-corrected chi connectivity index (χ3v) is 5.64. The highest BCUT2D eigenvalue weighted by Crippen LogP contribution is 2.26. The fraction of sp³-hybridized carbons (Fsp3) is 0.250. The normalized spacial score (nSPS) is 12.0. The van der Waals surface area contributed by atoms with E-state index in [0.717, 1.165) is 16.9 Å². The van der Waals surface area contributed by atoms with Crippen molar-refractivity contribution in [2.24, 2.45) is 11.7 Å². The van der Waals surface area contributed by atoms with Crippen molar-refractivity contribution in [2.75, 3.05) is 11.9 Å². The molecule has 6 heteroatoms. The molecule has 30 heavy (non-hydrogen) atoms. The van der Waals surface area contributed by atoms with Crippen molar-refractivity contribution >= 4 is 28.8 Å². The lowest BCUT2D eigenvalue weighted by atomic mass is 9.99. The Morgan fingerprint density at radius 3 is 2.27 bits per heavy atom. The Morgan fingerprint density at radius 2 is 1.70 bits per heavy atom. The van der Waals surface area contributed by atoms with E-state index in [1.165, 1.54) is 5.56 Å². The highest BCUT2D eigenvalue weighted by molar-refractivity contribution is 7.10. The van der Waals surface area contributed by atoms with E-state index in [1.807, 2.05) is 11.4 Å². The number of hydrogen-bond acceptors (Lipinski definition) is 4. The predicted molar refractivity (Wildman–Crippen MR) is 123 cm³/mol. The van der Waals surface area contributed by atoms with Crippen LogP contribution in [0.1, 0.15) is 46.3 Å². The van der Waals surface area contributed by atoms with Gasteiger partial charge in [-0.15, -0.1) is 11.3 Å². The molecule has 1 aromatic heterocycles. The van der Waals surface area contributed by atoms with Crippen molar-refractivity contribution in [1.82, 2.24) is 5.32 Å². The first-order valence-corrected chi connectivity index (χ1v) is 10.9. The summed E-state index contributed by atoms with van der Waals surface area (Å²) in [5.41, 5.74) is 8.72. The summed E-state index contributed by atoms with van der Waals surface area (Å²) in [7, 11) is 0. The van der Waals surface area contributed by atoms with Gasteiger partial charge >= 0.3 is 0 Å². The molecule has 0 saturated carbocycles. The van der Waals surface area contributed by atoms with E-state index in [9.17, 15) is 9.59 Å². The molecular weight excluding hydrogens is 394 g/mol. The first kappa shape index (κ1) is 21.7. The number of amides is 2. The van der Waals surface area contributed by atoms with E-state index in [4.69, 9.17) is 5.73 Å². The van der Waals surface area contributed by atoms with Gasteiger partial charge in [0.25, 0.3) is 0 Å². The molecular formula is C24H27N3O2S. The van der Waals surface area contributed by atoms with Crippen molar-refractivity contribution in [3.05, 3.63) is 87.6 Å². The van der Waals surface area contributed by atoms with Crippen LogP contribution in [0.15, 0.2) is 66.0 Å². The molecule has 0 unspecified atom stereocenters. The number of rotatable bonds is 9. The summed E-state index contributed by atoms with van der Waals surface area (Å²) in [6, 6.07) is 19.2. The summed E-state index contributed by atoms with van der Waals surface area (Å²) in [4.78, 5) is 24.8. The van der Waals surface area contributed by atoms with Gasteiger partial charge in [-0.05, 0) is 59.2 Å². The van der Waals surface area contributed by atoms with Crippen LogP contribution < -0.4 is 16.4 Å². The summed E-state index contributed by atoms with van der Waals surface area (Å²) in [5, 5.41) is 8.25. The van der Waals surface area contributed by atoms with Crippen LogP contribution in [-0.2, 0) is 11.2 Å². The van der Waals surface area contributed by atoms with Gasteiger partial charge in [-0.3, -0.25) is 14.9 Å². The predicted octanol–water partition coefficient (Wildman–Crippen LogP) is 4.36. The number of nitrogens with two attached hydrogens (primary N) is 1. The van der Waals surface area contributed by atoms with Gasteiger partial charge in [-0.25, -0.2) is 0 Å². The summed E-state index contributed by atoms with van der Waals surface area (Å²) >= 11 is 1.66. The Balaban J connectivity index is 1.65. The zero-order valence-corrected chi connectivity index (χ0v) is 18.0. The molecule has 0 spiro atoms. The molecule has 0 aliphatic heterocycles. The Bertz CT molecular complexity index is 965. The first-order valence-electron chi connectivity index (χ1n) is 9.97. The largest absolute Gasteiger partial charge is 0.366 e. The van der Waals surface area contributed by atoms with Crippen LogP contribution in [0.2, 0.25) is 0 Å². The van der Waals surface area contributed by atoms with Gasteiger partial charge in [0, 0.05) is 16.1 Å². The molecule has 5 nitrogen and oxygen atoms in total. The van der Waals surface area contributed by atoms with Crippen molar-refractivity contribution < 1.29 is 9.59 Å². The highest BCUT2D eigenvalue weighted by atomic mass is 32.1. The van der Waals surface area contributed by atoms with E-state index in [0.29, 0.717) is 17.2 Å². The summed E-state index contributed by atoms with van der Waals surface area (Å²) in [5.74, 6) is -0.0321. The Hall–Kier alpha value is -2.96. The average molecular weight is 422 g/mol. The average Bonchev–Trinajstić information content (AvgIpc) is 3.24. The quantitative estimate of drug-likeness (QED) is 0.480. The molecule has 0 radical (unpaired) electrons. The van der Waals surface area contributed by atoms with Crippen LogP contribution in [0.25, 0.3) is 0 Å². The molecule has 0 aliphatic rings. The maximum atomic E-state index is 12.5. The second-order valence-electron chi connectivity index (χ2n) is 7.66. The van der Waals surface area contributed by atoms with Crippen molar-refractivity contribution in [3.8, 4) is 0 Å². The summed E-state index contributed by atoms with van der Waals surface area (Å²) < 4.78 is 0. The fourth-order valence-corrected chi connectivity index (χ4v) is 4.10. The minimum Gasteiger partial charge on any atom is -0.366 e. The Morgan fingerprint density at radius 1 is 1.00 bits per heavy atom. The number of carbonyl (C=O) groups is 2. The third kappa shape index (κ3) is 6.02. The molecule has 2 aromatic carbocycles. The smallest absolute Gasteiger partial charge is 0.248 e. The van der Waals surface area contributed by atoms with Crippen LogP contribution in [0.3, 0.4) is 0 Å². The van der Waals surface area contributed by atoms with Crippen LogP contribution in [0.4, 0.5) is 5.69 Å². The summed E-state index contributed by atoms with van der Waals surface area (Å²) in [6.45, 7) is 4.59. The number of hydrogen-bond donors (Lipinski definition) is 3. The Labute approximate surface area is 181 Å². The second kappa shape index (κ2) is 10.2. The maximum Gasteiger partial charge on any atom is 0.248 e. The summed E-state index contributed by atoms with van der Waals surface area (Å²) in [6.07, 6.45) is 1.05. The molecule has 3 aromatic rings. The van der Waals surface area contributed by atoms with Crippen molar-refractivity contribution in [2.45, 2.75) is 26.3 Å². The van der Waals surface area contributed by atoms with Gasteiger partial charge in [0.05, 0.1) is 12.6 Å². The number of carbonyl (C=O) groups excluding carboxylic acids is 2. The topological polar surface area (TPSA) is 84.2 Å². The molecule has 0 bridgehead atoms. The lowest BCUT2D eigenvalue weighted by molar-refractivity contribution is -0.115. The van der Waals surface area contributed by atoms with Gasteiger partial charge in [-0.2, -0.15) is 0 Å².